The highest BCUT2D eigenvalue weighted by atomic mass is 32.2. The Kier molecular flexibility index (Phi) is 1.84. The van der Waals surface area contributed by atoms with E-state index >= 15 is 0 Å². The Labute approximate surface area is 93.4 Å². The maximum absolute atomic E-state index is 9.15. The van der Waals surface area contributed by atoms with E-state index in [0.717, 1.165) is 11.0 Å². The molecule has 2 fully saturated rings. The van der Waals surface area contributed by atoms with Gasteiger partial charge in [0.15, 0.2) is 11.0 Å². The summed E-state index contributed by atoms with van der Waals surface area (Å²) in [6.07, 6.45) is 3.60. The lowest BCUT2D eigenvalue weighted by molar-refractivity contribution is 0.302. The lowest BCUT2D eigenvalue weighted by atomic mass is 10.1. The lowest BCUT2D eigenvalue weighted by Gasteiger charge is -2.24. The Bertz CT molecular complexity index is 364. The maximum Gasteiger partial charge on any atom is 0.166 e. The zero-order valence-corrected chi connectivity index (χ0v) is 9.79. The maximum atomic E-state index is 9.15. The fourth-order valence-electron chi connectivity index (χ4n) is 2.77. The van der Waals surface area contributed by atoms with Crippen molar-refractivity contribution in [3.05, 3.63) is 0 Å². The van der Waals surface area contributed by atoms with E-state index in [9.17, 15) is 0 Å². The second-order valence-electron chi connectivity index (χ2n) is 4.88. The molecule has 2 heterocycles. The van der Waals surface area contributed by atoms with Crippen LogP contribution in [0.2, 0.25) is 0 Å². The Morgan fingerprint density at radius 3 is 3.07 bits per heavy atom. The van der Waals surface area contributed by atoms with Crippen molar-refractivity contribution < 1.29 is 5.21 Å². The molecular formula is C10H15N3OS. The molecule has 2 atom stereocenters. The van der Waals surface area contributed by atoms with Crippen molar-refractivity contribution in [2.24, 2.45) is 10.1 Å². The standard InChI is InChI=1S/C10H15N3OS/c1-10(2)8(12-14)13-7-5-3-4-6(7)11-9(13)15-10/h6-7,14H,3-5H2,1-2H3. The third-order valence-corrected chi connectivity index (χ3v) is 4.64. The minimum atomic E-state index is -0.138. The van der Waals surface area contributed by atoms with E-state index in [0.29, 0.717) is 12.1 Å². The van der Waals surface area contributed by atoms with Gasteiger partial charge in [0.05, 0.1) is 16.8 Å². The fourth-order valence-corrected chi connectivity index (χ4v) is 3.97. The average Bonchev–Trinajstić information content (AvgIpc) is 2.73. The van der Waals surface area contributed by atoms with E-state index in [-0.39, 0.29) is 4.75 Å². The lowest BCUT2D eigenvalue weighted by Crippen LogP contribution is -2.42. The van der Waals surface area contributed by atoms with Gasteiger partial charge in [0.2, 0.25) is 0 Å². The number of hydrogen-bond acceptors (Lipinski definition) is 4. The number of amidine groups is 2. The van der Waals surface area contributed by atoms with Crippen molar-refractivity contribution in [3.63, 3.8) is 0 Å². The molecule has 1 saturated carbocycles. The van der Waals surface area contributed by atoms with E-state index in [2.05, 4.69) is 23.9 Å². The van der Waals surface area contributed by atoms with Crippen molar-refractivity contribution in [1.82, 2.24) is 4.90 Å². The summed E-state index contributed by atoms with van der Waals surface area (Å²) in [5, 5.41) is 13.7. The van der Waals surface area contributed by atoms with Crippen LogP contribution in [0.25, 0.3) is 0 Å². The molecule has 0 bridgehead atoms. The highest BCUT2D eigenvalue weighted by Crippen LogP contribution is 2.46. The predicted molar refractivity (Wildman–Crippen MR) is 61.6 cm³/mol. The van der Waals surface area contributed by atoms with Crippen LogP contribution in [0.15, 0.2) is 10.1 Å². The van der Waals surface area contributed by atoms with Gasteiger partial charge in [0.1, 0.15) is 0 Å². The second-order valence-corrected chi connectivity index (χ2v) is 6.47. The third kappa shape index (κ3) is 1.16. The summed E-state index contributed by atoms with van der Waals surface area (Å²) >= 11 is 1.71. The van der Waals surface area contributed by atoms with Crippen LogP contribution in [0.5, 0.6) is 0 Å². The van der Waals surface area contributed by atoms with Crippen molar-refractivity contribution >= 4 is 22.8 Å². The van der Waals surface area contributed by atoms with Gasteiger partial charge < -0.3 is 10.1 Å². The topological polar surface area (TPSA) is 48.2 Å². The van der Waals surface area contributed by atoms with Crippen LogP contribution in [-0.4, -0.2) is 37.9 Å². The van der Waals surface area contributed by atoms with Crippen LogP contribution in [0, 0.1) is 0 Å². The van der Waals surface area contributed by atoms with Crippen LogP contribution < -0.4 is 0 Å². The summed E-state index contributed by atoms with van der Waals surface area (Å²) in [5.41, 5.74) is 0. The Morgan fingerprint density at radius 1 is 1.53 bits per heavy atom. The van der Waals surface area contributed by atoms with E-state index in [1.54, 1.807) is 11.8 Å². The van der Waals surface area contributed by atoms with E-state index in [4.69, 9.17) is 10.2 Å². The Hall–Kier alpha value is -0.710. The Balaban J connectivity index is 2.02. The van der Waals surface area contributed by atoms with E-state index in [1.165, 1.54) is 19.3 Å². The van der Waals surface area contributed by atoms with Crippen LogP contribution in [0.3, 0.4) is 0 Å². The number of hydrogen-bond donors (Lipinski definition) is 1. The van der Waals surface area contributed by atoms with Crippen molar-refractivity contribution in [1.29, 1.82) is 0 Å². The summed E-state index contributed by atoms with van der Waals surface area (Å²) in [4.78, 5) is 6.87. The van der Waals surface area contributed by atoms with Crippen LogP contribution in [0.1, 0.15) is 33.1 Å². The molecule has 5 heteroatoms. The molecule has 3 aliphatic rings. The summed E-state index contributed by atoms with van der Waals surface area (Å²) in [6.45, 7) is 4.16. The fraction of sp³-hybridized carbons (Fsp3) is 0.800. The smallest absolute Gasteiger partial charge is 0.166 e. The zero-order valence-electron chi connectivity index (χ0n) is 8.97. The molecule has 0 amide bonds. The van der Waals surface area contributed by atoms with Gasteiger partial charge in [-0.05, 0) is 33.1 Å². The molecule has 0 aromatic rings. The van der Waals surface area contributed by atoms with Gasteiger partial charge >= 0.3 is 0 Å². The van der Waals surface area contributed by atoms with Gasteiger partial charge in [-0.2, -0.15) is 0 Å². The summed E-state index contributed by atoms with van der Waals surface area (Å²) in [5.74, 6) is 0.778. The number of aliphatic imine (C=N–C) groups is 1. The molecule has 2 aliphatic heterocycles. The SMILES string of the molecule is CC1(C)SC2=NC3CCCC3N2C1=NO. The van der Waals surface area contributed by atoms with Gasteiger partial charge in [-0.15, -0.1) is 0 Å². The molecule has 1 saturated heterocycles. The molecule has 0 spiro atoms. The summed E-state index contributed by atoms with van der Waals surface area (Å²) in [7, 11) is 0. The van der Waals surface area contributed by atoms with Crippen molar-refractivity contribution in [2.45, 2.75) is 49.9 Å². The molecule has 82 valence electrons. The first kappa shape index (κ1) is 9.51. The van der Waals surface area contributed by atoms with Crippen molar-refractivity contribution in [3.8, 4) is 0 Å². The number of oxime groups is 1. The number of rotatable bonds is 0. The van der Waals surface area contributed by atoms with Crippen LogP contribution in [-0.2, 0) is 0 Å². The third-order valence-electron chi connectivity index (χ3n) is 3.47. The van der Waals surface area contributed by atoms with Gasteiger partial charge in [0.25, 0.3) is 0 Å². The second kappa shape index (κ2) is 2.90. The molecule has 2 unspecified atom stereocenters. The molecule has 3 rings (SSSR count). The number of thioether (sulfide) groups is 1. The monoisotopic (exact) mass is 225 g/mol. The van der Waals surface area contributed by atoms with E-state index < -0.39 is 0 Å². The summed E-state index contributed by atoms with van der Waals surface area (Å²) in [6, 6.07) is 0.903. The van der Waals surface area contributed by atoms with Gasteiger partial charge in [-0.3, -0.25) is 4.99 Å². The van der Waals surface area contributed by atoms with Crippen LogP contribution in [0.4, 0.5) is 0 Å². The molecule has 0 radical (unpaired) electrons. The normalized spacial score (nSPS) is 39.5. The van der Waals surface area contributed by atoms with E-state index in [1.807, 2.05) is 0 Å². The molecule has 15 heavy (non-hydrogen) atoms. The van der Waals surface area contributed by atoms with Gasteiger partial charge in [-0.25, -0.2) is 0 Å². The minimum Gasteiger partial charge on any atom is -0.409 e. The summed E-state index contributed by atoms with van der Waals surface area (Å²) < 4.78 is -0.138. The number of nitrogens with zero attached hydrogens (tertiary/aromatic N) is 3. The number of fused-ring (bicyclic) bond motifs is 3. The predicted octanol–water partition coefficient (Wildman–Crippen LogP) is 1.89. The van der Waals surface area contributed by atoms with Gasteiger partial charge in [-0.1, -0.05) is 16.9 Å². The quantitative estimate of drug-likeness (QED) is 0.506. The molecular weight excluding hydrogens is 210 g/mol. The highest BCUT2D eigenvalue weighted by Gasteiger charge is 2.52. The van der Waals surface area contributed by atoms with Gasteiger partial charge in [0, 0.05) is 0 Å². The molecule has 0 aromatic carbocycles. The van der Waals surface area contributed by atoms with Crippen LogP contribution >= 0.6 is 11.8 Å². The first-order chi connectivity index (χ1) is 7.13. The largest absolute Gasteiger partial charge is 0.409 e. The first-order valence-corrected chi connectivity index (χ1v) is 6.24. The molecule has 4 nitrogen and oxygen atoms in total. The molecule has 0 aromatic heterocycles. The average molecular weight is 225 g/mol. The highest BCUT2D eigenvalue weighted by molar-refractivity contribution is 8.16. The molecule has 1 aliphatic carbocycles. The zero-order chi connectivity index (χ0) is 10.6. The minimum absolute atomic E-state index is 0.138. The Morgan fingerprint density at radius 2 is 2.33 bits per heavy atom. The van der Waals surface area contributed by atoms with Crippen molar-refractivity contribution in [2.75, 3.05) is 0 Å². The molecule has 1 N–H and O–H groups in total. The first-order valence-electron chi connectivity index (χ1n) is 5.42.